The molecule has 126 valence electrons. The molecule has 4 nitrogen and oxygen atoms in total. The number of amides is 1. The predicted molar refractivity (Wildman–Crippen MR) is 92.9 cm³/mol. The average molecular weight is 317 g/mol. The number of hydrogen-bond acceptors (Lipinski definition) is 3. The predicted octanol–water partition coefficient (Wildman–Crippen LogP) is 3.58. The molecule has 1 N–H and O–H groups in total. The van der Waals surface area contributed by atoms with Crippen molar-refractivity contribution in [2.45, 2.75) is 46.6 Å². The van der Waals surface area contributed by atoms with Gasteiger partial charge >= 0.3 is 0 Å². The van der Waals surface area contributed by atoms with Crippen molar-refractivity contribution in [2.24, 2.45) is 5.92 Å². The van der Waals surface area contributed by atoms with Gasteiger partial charge in [-0.25, -0.2) is 0 Å². The van der Waals surface area contributed by atoms with Gasteiger partial charge in [0.2, 0.25) is 5.91 Å². The first-order valence-corrected chi connectivity index (χ1v) is 8.41. The summed E-state index contributed by atoms with van der Waals surface area (Å²) in [5.41, 5.74) is 2.04. The standard InChI is InChI=1S/C19H27NO3/c1-5-22-17-12-16-10-14(4)23-18(16)11-15(17)6-7-19(21)20-9-8-13(2)3/h6-7,11-14H,5,8-10H2,1-4H3,(H,20,21)/b7-6+. The van der Waals surface area contributed by atoms with E-state index in [0.29, 0.717) is 19.1 Å². The van der Waals surface area contributed by atoms with Gasteiger partial charge in [0.25, 0.3) is 0 Å². The summed E-state index contributed by atoms with van der Waals surface area (Å²) in [5, 5.41) is 2.90. The smallest absolute Gasteiger partial charge is 0.244 e. The highest BCUT2D eigenvalue weighted by Crippen LogP contribution is 2.35. The quantitative estimate of drug-likeness (QED) is 0.782. The van der Waals surface area contributed by atoms with Gasteiger partial charge < -0.3 is 14.8 Å². The van der Waals surface area contributed by atoms with E-state index in [4.69, 9.17) is 9.47 Å². The molecule has 1 heterocycles. The second-order valence-electron chi connectivity index (χ2n) is 6.37. The van der Waals surface area contributed by atoms with Gasteiger partial charge in [-0.15, -0.1) is 0 Å². The summed E-state index contributed by atoms with van der Waals surface area (Å²) >= 11 is 0. The van der Waals surface area contributed by atoms with Crippen molar-refractivity contribution in [3.05, 3.63) is 29.3 Å². The first-order chi connectivity index (χ1) is 11.0. The lowest BCUT2D eigenvalue weighted by molar-refractivity contribution is -0.116. The van der Waals surface area contributed by atoms with Crippen molar-refractivity contribution < 1.29 is 14.3 Å². The van der Waals surface area contributed by atoms with Crippen LogP contribution in [0.3, 0.4) is 0 Å². The van der Waals surface area contributed by atoms with E-state index in [0.717, 1.165) is 29.9 Å². The van der Waals surface area contributed by atoms with Crippen LogP contribution >= 0.6 is 0 Å². The van der Waals surface area contributed by atoms with E-state index in [-0.39, 0.29) is 12.0 Å². The third kappa shape index (κ3) is 5.02. The highest BCUT2D eigenvalue weighted by Gasteiger charge is 2.21. The number of fused-ring (bicyclic) bond motifs is 1. The molecule has 0 aromatic heterocycles. The van der Waals surface area contributed by atoms with Crippen LogP contribution in [0, 0.1) is 5.92 Å². The highest BCUT2D eigenvalue weighted by molar-refractivity contribution is 5.92. The van der Waals surface area contributed by atoms with Gasteiger partial charge in [0, 0.05) is 30.2 Å². The SMILES string of the molecule is CCOc1cc2c(cc1/C=C/C(=O)NCCC(C)C)OC(C)C2. The van der Waals surface area contributed by atoms with Gasteiger partial charge in [-0.3, -0.25) is 4.79 Å². The van der Waals surface area contributed by atoms with Crippen LogP contribution in [0.4, 0.5) is 0 Å². The molecule has 1 aliphatic rings. The maximum Gasteiger partial charge on any atom is 0.244 e. The molecule has 0 radical (unpaired) electrons. The zero-order valence-corrected chi connectivity index (χ0v) is 14.5. The summed E-state index contributed by atoms with van der Waals surface area (Å²) in [6, 6.07) is 3.99. The van der Waals surface area contributed by atoms with Crippen LogP contribution in [0.1, 0.15) is 45.2 Å². The molecular weight excluding hydrogens is 290 g/mol. The number of hydrogen-bond donors (Lipinski definition) is 1. The molecule has 1 aromatic rings. The van der Waals surface area contributed by atoms with Gasteiger partial charge in [-0.2, -0.15) is 0 Å². The van der Waals surface area contributed by atoms with Crippen molar-refractivity contribution in [1.29, 1.82) is 0 Å². The Morgan fingerprint density at radius 2 is 2.26 bits per heavy atom. The molecule has 1 amide bonds. The monoisotopic (exact) mass is 317 g/mol. The highest BCUT2D eigenvalue weighted by atomic mass is 16.5. The van der Waals surface area contributed by atoms with Crippen molar-refractivity contribution in [3.63, 3.8) is 0 Å². The number of rotatable bonds is 7. The van der Waals surface area contributed by atoms with Crippen LogP contribution in [0.15, 0.2) is 18.2 Å². The molecular formula is C19H27NO3. The Bertz CT molecular complexity index is 578. The Morgan fingerprint density at radius 1 is 1.48 bits per heavy atom. The average Bonchev–Trinajstić information content (AvgIpc) is 2.83. The minimum atomic E-state index is -0.0807. The first kappa shape index (κ1) is 17.4. The number of carbonyl (C=O) groups excluding carboxylic acids is 1. The van der Waals surface area contributed by atoms with Gasteiger partial charge in [-0.05, 0) is 44.4 Å². The van der Waals surface area contributed by atoms with E-state index < -0.39 is 0 Å². The van der Waals surface area contributed by atoms with E-state index in [1.807, 2.05) is 19.1 Å². The van der Waals surface area contributed by atoms with Crippen molar-refractivity contribution in [3.8, 4) is 11.5 Å². The Balaban J connectivity index is 2.07. The minimum absolute atomic E-state index is 0.0807. The van der Waals surface area contributed by atoms with Gasteiger partial charge in [0.1, 0.15) is 17.6 Å². The maximum atomic E-state index is 11.9. The summed E-state index contributed by atoms with van der Waals surface area (Å²) in [6.07, 6.45) is 5.42. The van der Waals surface area contributed by atoms with E-state index >= 15 is 0 Å². The lowest BCUT2D eigenvalue weighted by Gasteiger charge is -2.10. The summed E-state index contributed by atoms with van der Waals surface area (Å²) in [6.45, 7) is 9.58. The number of benzene rings is 1. The zero-order valence-electron chi connectivity index (χ0n) is 14.5. The number of ether oxygens (including phenoxy) is 2. The molecule has 1 aliphatic heterocycles. The molecule has 2 rings (SSSR count). The maximum absolute atomic E-state index is 11.9. The largest absolute Gasteiger partial charge is 0.493 e. The summed E-state index contributed by atoms with van der Waals surface area (Å²) in [5.74, 6) is 2.19. The van der Waals surface area contributed by atoms with Crippen LogP contribution in [0.2, 0.25) is 0 Å². The zero-order chi connectivity index (χ0) is 16.8. The van der Waals surface area contributed by atoms with Crippen LogP contribution in [0.25, 0.3) is 6.08 Å². The number of carbonyl (C=O) groups is 1. The lowest BCUT2D eigenvalue weighted by atomic mass is 10.1. The molecule has 0 saturated heterocycles. The molecule has 0 fully saturated rings. The van der Waals surface area contributed by atoms with Gasteiger partial charge in [-0.1, -0.05) is 13.8 Å². The molecule has 1 atom stereocenters. The lowest BCUT2D eigenvalue weighted by Crippen LogP contribution is -2.23. The van der Waals surface area contributed by atoms with E-state index in [1.165, 1.54) is 5.56 Å². The van der Waals surface area contributed by atoms with E-state index in [9.17, 15) is 4.79 Å². The molecule has 4 heteroatoms. The Kier molecular flexibility index (Phi) is 6.08. The Morgan fingerprint density at radius 3 is 2.96 bits per heavy atom. The van der Waals surface area contributed by atoms with Crippen molar-refractivity contribution in [2.75, 3.05) is 13.2 Å². The summed E-state index contributed by atoms with van der Waals surface area (Å²) in [4.78, 5) is 11.9. The molecule has 1 aromatic carbocycles. The second kappa shape index (κ2) is 8.04. The fourth-order valence-corrected chi connectivity index (χ4v) is 2.57. The van der Waals surface area contributed by atoms with Crippen LogP contribution in [-0.2, 0) is 11.2 Å². The third-order valence-corrected chi connectivity index (χ3v) is 3.76. The van der Waals surface area contributed by atoms with Gasteiger partial charge in [0.05, 0.1) is 6.61 Å². The molecule has 0 aliphatic carbocycles. The molecule has 0 bridgehead atoms. The Labute approximate surface area is 138 Å². The molecule has 0 spiro atoms. The van der Waals surface area contributed by atoms with E-state index in [1.54, 1.807) is 12.2 Å². The summed E-state index contributed by atoms with van der Waals surface area (Å²) in [7, 11) is 0. The number of nitrogens with one attached hydrogen (secondary N) is 1. The first-order valence-electron chi connectivity index (χ1n) is 8.41. The normalized spacial score (nSPS) is 16.5. The summed E-state index contributed by atoms with van der Waals surface area (Å²) < 4.78 is 11.5. The molecule has 1 unspecified atom stereocenters. The van der Waals surface area contributed by atoms with Crippen LogP contribution < -0.4 is 14.8 Å². The van der Waals surface area contributed by atoms with Crippen LogP contribution in [0.5, 0.6) is 11.5 Å². The topological polar surface area (TPSA) is 47.6 Å². The second-order valence-corrected chi connectivity index (χ2v) is 6.37. The van der Waals surface area contributed by atoms with Crippen molar-refractivity contribution in [1.82, 2.24) is 5.32 Å². The van der Waals surface area contributed by atoms with E-state index in [2.05, 4.69) is 26.1 Å². The fourth-order valence-electron chi connectivity index (χ4n) is 2.57. The Hall–Kier alpha value is -1.97. The van der Waals surface area contributed by atoms with Gasteiger partial charge in [0.15, 0.2) is 0 Å². The minimum Gasteiger partial charge on any atom is -0.493 e. The van der Waals surface area contributed by atoms with Crippen molar-refractivity contribution >= 4 is 12.0 Å². The fraction of sp³-hybridized carbons (Fsp3) is 0.526. The molecule has 23 heavy (non-hydrogen) atoms. The third-order valence-electron chi connectivity index (χ3n) is 3.76. The van der Waals surface area contributed by atoms with Crippen LogP contribution in [-0.4, -0.2) is 25.2 Å². The molecule has 0 saturated carbocycles.